The average molecular weight is 336 g/mol. The van der Waals surface area contributed by atoms with Crippen molar-refractivity contribution in [2.45, 2.75) is 26.8 Å². The van der Waals surface area contributed by atoms with Crippen molar-refractivity contribution in [3.05, 3.63) is 68.4 Å². The molecule has 1 atom stereocenters. The summed E-state index contributed by atoms with van der Waals surface area (Å²) < 4.78 is 14.6. The van der Waals surface area contributed by atoms with E-state index >= 15 is 0 Å². The van der Waals surface area contributed by atoms with E-state index in [2.05, 4.69) is 46.4 Å². The quantitative estimate of drug-likeness (QED) is 0.847. The van der Waals surface area contributed by atoms with Crippen LogP contribution < -0.4 is 5.32 Å². The maximum atomic E-state index is 13.5. The second-order valence-electron chi connectivity index (χ2n) is 5.20. The number of nitrogens with one attached hydrogen (secondary N) is 1. The molecule has 0 aliphatic rings. The molecule has 1 unspecified atom stereocenters. The molecule has 2 rings (SSSR count). The molecule has 3 heteroatoms. The van der Waals surface area contributed by atoms with E-state index in [1.165, 1.54) is 11.1 Å². The lowest BCUT2D eigenvalue weighted by molar-refractivity contribution is 0.618. The summed E-state index contributed by atoms with van der Waals surface area (Å²) in [6.45, 7) is 5.99. The predicted octanol–water partition coefficient (Wildman–Crippen LogP) is 4.82. The lowest BCUT2D eigenvalue weighted by atomic mass is 9.90. The van der Waals surface area contributed by atoms with Crippen LogP contribution >= 0.6 is 15.9 Å². The Morgan fingerprint density at radius 1 is 1.05 bits per heavy atom. The Morgan fingerprint density at radius 3 is 2.20 bits per heavy atom. The summed E-state index contributed by atoms with van der Waals surface area (Å²) in [5.41, 5.74) is 5.46. The van der Waals surface area contributed by atoms with Crippen LogP contribution in [0.25, 0.3) is 0 Å². The summed E-state index contributed by atoms with van der Waals surface area (Å²) in [6.07, 6.45) is 0. The molecule has 0 saturated carbocycles. The average Bonchev–Trinajstić information content (AvgIpc) is 2.37. The first-order valence-electron chi connectivity index (χ1n) is 6.64. The first kappa shape index (κ1) is 15.2. The fourth-order valence-electron chi connectivity index (χ4n) is 2.72. The highest BCUT2D eigenvalue weighted by molar-refractivity contribution is 9.10. The van der Waals surface area contributed by atoms with E-state index < -0.39 is 0 Å². The molecule has 106 valence electrons. The van der Waals surface area contributed by atoms with Crippen LogP contribution in [0.4, 0.5) is 4.39 Å². The van der Waals surface area contributed by atoms with Crippen molar-refractivity contribution in [3.63, 3.8) is 0 Å². The van der Waals surface area contributed by atoms with Crippen molar-refractivity contribution in [2.75, 3.05) is 7.05 Å². The first-order chi connectivity index (χ1) is 9.43. The van der Waals surface area contributed by atoms with Crippen molar-refractivity contribution >= 4 is 15.9 Å². The maximum absolute atomic E-state index is 13.5. The molecule has 0 aliphatic carbocycles. The van der Waals surface area contributed by atoms with E-state index in [1.807, 2.05) is 20.9 Å². The molecule has 0 heterocycles. The third-order valence-corrected chi connectivity index (χ3v) is 4.32. The van der Waals surface area contributed by atoms with Crippen LogP contribution in [0.3, 0.4) is 0 Å². The normalized spacial score (nSPS) is 12.5. The fourth-order valence-corrected chi connectivity index (χ4v) is 3.19. The van der Waals surface area contributed by atoms with E-state index in [-0.39, 0.29) is 11.9 Å². The van der Waals surface area contributed by atoms with E-state index in [9.17, 15) is 4.39 Å². The fraction of sp³-hybridized carbons (Fsp3) is 0.294. The van der Waals surface area contributed by atoms with Crippen molar-refractivity contribution in [1.29, 1.82) is 0 Å². The number of hydrogen-bond acceptors (Lipinski definition) is 1. The SMILES string of the molecule is CNC(c1cc(C)ccc1Br)c1c(C)cc(F)cc1C. The number of hydrogen-bond donors (Lipinski definition) is 1. The molecular weight excluding hydrogens is 317 g/mol. The molecule has 1 nitrogen and oxygen atoms in total. The molecular formula is C17H19BrFN. The number of rotatable bonds is 3. The molecule has 0 aromatic heterocycles. The highest BCUT2D eigenvalue weighted by Crippen LogP contribution is 2.33. The minimum absolute atomic E-state index is 0.0462. The molecule has 1 N–H and O–H groups in total. The Kier molecular flexibility index (Phi) is 4.61. The highest BCUT2D eigenvalue weighted by atomic mass is 79.9. The van der Waals surface area contributed by atoms with Gasteiger partial charge in [0.15, 0.2) is 0 Å². The maximum Gasteiger partial charge on any atom is 0.123 e. The van der Waals surface area contributed by atoms with E-state index in [4.69, 9.17) is 0 Å². The monoisotopic (exact) mass is 335 g/mol. The Balaban J connectivity index is 2.61. The summed E-state index contributed by atoms with van der Waals surface area (Å²) in [5.74, 6) is -0.179. The lowest BCUT2D eigenvalue weighted by Gasteiger charge is -2.23. The van der Waals surface area contributed by atoms with Gasteiger partial charge in [0, 0.05) is 4.47 Å². The second-order valence-corrected chi connectivity index (χ2v) is 6.05. The van der Waals surface area contributed by atoms with Gasteiger partial charge in [-0.3, -0.25) is 0 Å². The van der Waals surface area contributed by atoms with Crippen molar-refractivity contribution in [1.82, 2.24) is 5.32 Å². The van der Waals surface area contributed by atoms with Gasteiger partial charge in [0.2, 0.25) is 0 Å². The van der Waals surface area contributed by atoms with Gasteiger partial charge < -0.3 is 5.32 Å². The molecule has 0 radical (unpaired) electrons. The molecule has 0 spiro atoms. The predicted molar refractivity (Wildman–Crippen MR) is 85.7 cm³/mol. The largest absolute Gasteiger partial charge is 0.309 e. The van der Waals surface area contributed by atoms with E-state index in [1.54, 1.807) is 12.1 Å². The van der Waals surface area contributed by atoms with Gasteiger partial charge >= 0.3 is 0 Å². The summed E-state index contributed by atoms with van der Waals surface area (Å²) in [4.78, 5) is 0. The van der Waals surface area contributed by atoms with Gasteiger partial charge in [-0.2, -0.15) is 0 Å². The Morgan fingerprint density at radius 2 is 1.65 bits per heavy atom. The van der Waals surface area contributed by atoms with Gasteiger partial charge in [-0.05, 0) is 68.3 Å². The van der Waals surface area contributed by atoms with Crippen LogP contribution in [0, 0.1) is 26.6 Å². The van der Waals surface area contributed by atoms with Gasteiger partial charge in [0.25, 0.3) is 0 Å². The number of aryl methyl sites for hydroxylation is 3. The number of halogens is 2. The van der Waals surface area contributed by atoms with Crippen LogP contribution in [-0.2, 0) is 0 Å². The second kappa shape index (κ2) is 6.06. The molecule has 0 saturated heterocycles. The molecule has 0 bridgehead atoms. The first-order valence-corrected chi connectivity index (χ1v) is 7.43. The van der Waals surface area contributed by atoms with Crippen LogP contribution in [0.5, 0.6) is 0 Å². The number of benzene rings is 2. The van der Waals surface area contributed by atoms with Crippen molar-refractivity contribution in [2.24, 2.45) is 0 Å². The van der Waals surface area contributed by atoms with Gasteiger partial charge in [-0.1, -0.05) is 33.6 Å². The molecule has 0 amide bonds. The molecule has 20 heavy (non-hydrogen) atoms. The smallest absolute Gasteiger partial charge is 0.123 e. The Labute approximate surface area is 128 Å². The van der Waals surface area contributed by atoms with Crippen LogP contribution in [-0.4, -0.2) is 7.05 Å². The zero-order valence-corrected chi connectivity index (χ0v) is 13.8. The van der Waals surface area contributed by atoms with Gasteiger partial charge in [0.05, 0.1) is 6.04 Å². The summed E-state index contributed by atoms with van der Waals surface area (Å²) in [5, 5.41) is 3.35. The summed E-state index contributed by atoms with van der Waals surface area (Å²) in [6, 6.07) is 9.53. The van der Waals surface area contributed by atoms with Crippen LogP contribution in [0.1, 0.15) is 33.9 Å². The minimum atomic E-state index is -0.179. The zero-order valence-electron chi connectivity index (χ0n) is 12.2. The van der Waals surface area contributed by atoms with E-state index in [0.29, 0.717) is 0 Å². The van der Waals surface area contributed by atoms with Gasteiger partial charge in [-0.15, -0.1) is 0 Å². The summed E-state index contributed by atoms with van der Waals surface area (Å²) in [7, 11) is 1.93. The van der Waals surface area contributed by atoms with Gasteiger partial charge in [0.1, 0.15) is 5.82 Å². The highest BCUT2D eigenvalue weighted by Gasteiger charge is 2.19. The minimum Gasteiger partial charge on any atom is -0.309 e. The standard InChI is InChI=1S/C17H19BrFN/c1-10-5-6-15(18)14(7-10)17(20-4)16-11(2)8-13(19)9-12(16)3/h5-9,17,20H,1-4H3. The van der Waals surface area contributed by atoms with Crippen LogP contribution in [0.2, 0.25) is 0 Å². The Bertz CT molecular complexity index is 614. The third kappa shape index (κ3) is 2.94. The molecule has 0 fully saturated rings. The Hall–Kier alpha value is -1.19. The zero-order chi connectivity index (χ0) is 14.9. The van der Waals surface area contributed by atoms with Gasteiger partial charge in [-0.25, -0.2) is 4.39 Å². The topological polar surface area (TPSA) is 12.0 Å². The molecule has 2 aromatic carbocycles. The lowest BCUT2D eigenvalue weighted by Crippen LogP contribution is -2.20. The van der Waals surface area contributed by atoms with Crippen molar-refractivity contribution < 1.29 is 4.39 Å². The molecule has 0 aliphatic heterocycles. The van der Waals surface area contributed by atoms with Crippen molar-refractivity contribution in [3.8, 4) is 0 Å². The molecule has 2 aromatic rings. The third-order valence-electron chi connectivity index (χ3n) is 3.60. The summed E-state index contributed by atoms with van der Waals surface area (Å²) >= 11 is 3.62. The van der Waals surface area contributed by atoms with Crippen LogP contribution in [0.15, 0.2) is 34.8 Å². The van der Waals surface area contributed by atoms with E-state index in [0.717, 1.165) is 21.2 Å².